The Hall–Kier alpha value is -1.18. The van der Waals surface area contributed by atoms with Crippen molar-refractivity contribution in [3.63, 3.8) is 0 Å². The van der Waals surface area contributed by atoms with Gasteiger partial charge in [-0.2, -0.15) is 0 Å². The molecule has 1 rings (SSSR count). The molecular weight excluding hydrogens is 669 g/mol. The highest BCUT2D eigenvalue weighted by molar-refractivity contribution is 14.1. The summed E-state index contributed by atoms with van der Waals surface area (Å²) in [5.41, 5.74) is 0.864. The van der Waals surface area contributed by atoms with Gasteiger partial charge in [0.05, 0.1) is 0 Å². The quantitative estimate of drug-likeness (QED) is 0.0583. The lowest BCUT2D eigenvalue weighted by Crippen LogP contribution is -2.36. The summed E-state index contributed by atoms with van der Waals surface area (Å²) in [6.45, 7) is 12.1. The van der Waals surface area contributed by atoms with Gasteiger partial charge in [-0.1, -0.05) is 156 Å². The van der Waals surface area contributed by atoms with Crippen LogP contribution in [0.5, 0.6) is 0 Å². The highest BCUT2D eigenvalue weighted by Crippen LogP contribution is 2.17. The van der Waals surface area contributed by atoms with Gasteiger partial charge in [0.2, 0.25) is 0 Å². The highest BCUT2D eigenvalue weighted by Gasteiger charge is 2.22. The molecule has 0 saturated heterocycles. The third-order valence-corrected chi connectivity index (χ3v) is 9.55. The summed E-state index contributed by atoms with van der Waals surface area (Å²) in [5, 5.41) is 0. The second kappa shape index (κ2) is 29.0. The number of carbonyl (C=O) groups is 2. The second-order valence-electron chi connectivity index (χ2n) is 13.2. The molecule has 0 saturated carbocycles. The topological polar surface area (TPSA) is 53.5 Å². The lowest BCUT2D eigenvalue weighted by atomic mass is 10.1. The van der Waals surface area contributed by atoms with Crippen molar-refractivity contribution in [3.8, 4) is 0 Å². The molecule has 0 aliphatic rings. The molecule has 2 amide bonds. The van der Waals surface area contributed by atoms with E-state index in [0.717, 1.165) is 81.1 Å². The van der Waals surface area contributed by atoms with Gasteiger partial charge < -0.3 is 9.80 Å². The SMILES string of the molecule is CCCCCCCCN(CCCCCCCC)C(=O)c1cc(I)cc(C(=O)N(CCCCCCCC)CCCCCCCC)n1. The van der Waals surface area contributed by atoms with Gasteiger partial charge in [0, 0.05) is 29.7 Å². The van der Waals surface area contributed by atoms with Crippen LogP contribution in [0.15, 0.2) is 12.1 Å². The van der Waals surface area contributed by atoms with Crippen molar-refractivity contribution in [1.82, 2.24) is 14.8 Å². The lowest BCUT2D eigenvalue weighted by molar-refractivity contribution is 0.0735. The first-order valence-electron chi connectivity index (χ1n) is 19.2. The van der Waals surface area contributed by atoms with E-state index in [2.05, 4.69) is 50.3 Å². The van der Waals surface area contributed by atoms with Crippen molar-refractivity contribution in [2.75, 3.05) is 26.2 Å². The van der Waals surface area contributed by atoms with Crippen LogP contribution in [0.2, 0.25) is 0 Å². The summed E-state index contributed by atoms with van der Waals surface area (Å²) in [4.78, 5) is 36.6. The Kier molecular flexibility index (Phi) is 27.0. The minimum atomic E-state index is -0.0110. The second-order valence-corrected chi connectivity index (χ2v) is 14.5. The van der Waals surface area contributed by atoms with E-state index in [-0.39, 0.29) is 11.8 Å². The molecule has 0 radical (unpaired) electrons. The number of halogens is 1. The van der Waals surface area contributed by atoms with Gasteiger partial charge in [0.15, 0.2) is 0 Å². The molecular formula is C39H70IN3O2. The van der Waals surface area contributed by atoms with Crippen LogP contribution in [0.25, 0.3) is 0 Å². The number of hydrogen-bond donors (Lipinski definition) is 0. The monoisotopic (exact) mass is 739 g/mol. The van der Waals surface area contributed by atoms with Gasteiger partial charge in [-0.25, -0.2) is 4.98 Å². The molecule has 0 aliphatic heterocycles. The number of nitrogens with zero attached hydrogens (tertiary/aromatic N) is 3. The van der Waals surface area contributed by atoms with Crippen LogP contribution in [0, 0.1) is 3.57 Å². The number of hydrogen-bond acceptors (Lipinski definition) is 3. The fourth-order valence-corrected chi connectivity index (χ4v) is 6.59. The fourth-order valence-electron chi connectivity index (χ4n) is 6.00. The third kappa shape index (κ3) is 20.6. The maximum absolute atomic E-state index is 13.9. The molecule has 260 valence electrons. The Labute approximate surface area is 292 Å². The van der Waals surface area contributed by atoms with E-state index < -0.39 is 0 Å². The first-order chi connectivity index (χ1) is 22.0. The summed E-state index contributed by atoms with van der Waals surface area (Å²) in [5.74, 6) is -0.0221. The van der Waals surface area contributed by atoms with E-state index in [4.69, 9.17) is 4.98 Å². The van der Waals surface area contributed by atoms with Crippen molar-refractivity contribution in [3.05, 3.63) is 27.1 Å². The predicted molar refractivity (Wildman–Crippen MR) is 202 cm³/mol. The van der Waals surface area contributed by atoms with Crippen LogP contribution in [0.4, 0.5) is 0 Å². The number of rotatable bonds is 30. The van der Waals surface area contributed by atoms with Crippen LogP contribution in [0.1, 0.15) is 203 Å². The van der Waals surface area contributed by atoms with Crippen molar-refractivity contribution in [1.29, 1.82) is 0 Å². The third-order valence-electron chi connectivity index (χ3n) is 8.93. The van der Waals surface area contributed by atoms with Gasteiger partial charge in [-0.3, -0.25) is 9.59 Å². The predicted octanol–water partition coefficient (Wildman–Crippen LogP) is 12.0. The average molecular weight is 740 g/mol. The number of aromatic nitrogens is 1. The molecule has 45 heavy (non-hydrogen) atoms. The van der Waals surface area contributed by atoms with Gasteiger partial charge >= 0.3 is 0 Å². The fraction of sp³-hybridized carbons (Fsp3) is 0.821. The van der Waals surface area contributed by atoms with Gasteiger partial charge in [-0.15, -0.1) is 0 Å². The molecule has 1 aromatic heterocycles. The Bertz CT molecular complexity index is 780. The molecule has 0 spiro atoms. The summed E-state index contributed by atoms with van der Waals surface area (Å²) >= 11 is 2.25. The lowest BCUT2D eigenvalue weighted by Gasteiger charge is -2.24. The zero-order valence-electron chi connectivity index (χ0n) is 30.0. The van der Waals surface area contributed by atoms with Crippen molar-refractivity contribution >= 4 is 34.4 Å². The van der Waals surface area contributed by atoms with Gasteiger partial charge in [-0.05, 0) is 60.4 Å². The van der Waals surface area contributed by atoms with E-state index in [1.165, 1.54) is 103 Å². The number of unbranched alkanes of at least 4 members (excludes halogenated alkanes) is 20. The maximum atomic E-state index is 13.9. The molecule has 6 heteroatoms. The minimum Gasteiger partial charge on any atom is -0.337 e. The summed E-state index contributed by atoms with van der Waals surface area (Å²) in [6, 6.07) is 3.75. The van der Waals surface area contributed by atoms with E-state index in [1.807, 2.05) is 21.9 Å². The zero-order chi connectivity index (χ0) is 33.0. The number of carbonyl (C=O) groups excluding carboxylic acids is 2. The average Bonchev–Trinajstić information content (AvgIpc) is 3.04. The molecule has 0 aliphatic carbocycles. The van der Waals surface area contributed by atoms with E-state index in [0.29, 0.717) is 11.4 Å². The largest absolute Gasteiger partial charge is 0.337 e. The Balaban J connectivity index is 2.98. The number of amides is 2. The minimum absolute atomic E-state index is 0.0110. The van der Waals surface area contributed by atoms with Crippen LogP contribution in [0.3, 0.4) is 0 Å². The van der Waals surface area contributed by atoms with Crippen molar-refractivity contribution in [2.45, 2.75) is 182 Å². The molecule has 0 bridgehead atoms. The first-order valence-corrected chi connectivity index (χ1v) is 20.3. The molecule has 5 nitrogen and oxygen atoms in total. The maximum Gasteiger partial charge on any atom is 0.272 e. The van der Waals surface area contributed by atoms with E-state index >= 15 is 0 Å². The molecule has 0 fully saturated rings. The van der Waals surface area contributed by atoms with Gasteiger partial charge in [0.1, 0.15) is 11.4 Å². The van der Waals surface area contributed by atoms with Crippen molar-refractivity contribution < 1.29 is 9.59 Å². The van der Waals surface area contributed by atoms with Crippen LogP contribution in [-0.2, 0) is 0 Å². The standard InChI is InChI=1S/C39H70IN3O2/c1-5-9-13-17-21-25-29-42(30-26-22-18-14-10-6-2)38(44)36-33-35(40)34-37(41-36)39(45)43(31-27-23-19-15-11-7-3)32-28-24-20-16-12-8-4/h33-34H,5-32H2,1-4H3. The van der Waals surface area contributed by atoms with Crippen molar-refractivity contribution in [2.24, 2.45) is 0 Å². The van der Waals surface area contributed by atoms with E-state index in [1.54, 1.807) is 0 Å². The van der Waals surface area contributed by atoms with Crippen LogP contribution in [-0.4, -0.2) is 52.8 Å². The zero-order valence-corrected chi connectivity index (χ0v) is 32.1. The summed E-state index contributed by atoms with van der Waals surface area (Å²) in [6.07, 6.45) is 29.0. The van der Waals surface area contributed by atoms with Crippen LogP contribution >= 0.6 is 22.6 Å². The van der Waals surface area contributed by atoms with Gasteiger partial charge in [0.25, 0.3) is 11.8 Å². The molecule has 0 atom stereocenters. The highest BCUT2D eigenvalue weighted by atomic mass is 127. The summed E-state index contributed by atoms with van der Waals surface area (Å²) < 4.78 is 0.910. The Morgan fingerprint density at radius 2 is 0.711 bits per heavy atom. The normalized spacial score (nSPS) is 11.2. The van der Waals surface area contributed by atoms with E-state index in [9.17, 15) is 9.59 Å². The molecule has 0 unspecified atom stereocenters. The smallest absolute Gasteiger partial charge is 0.272 e. The van der Waals surface area contributed by atoms with Crippen LogP contribution < -0.4 is 0 Å². The Morgan fingerprint density at radius 3 is 0.978 bits per heavy atom. The molecule has 0 N–H and O–H groups in total. The Morgan fingerprint density at radius 1 is 0.467 bits per heavy atom. The first kappa shape index (κ1) is 41.8. The molecule has 1 aromatic rings. The summed E-state index contributed by atoms with van der Waals surface area (Å²) in [7, 11) is 0. The number of pyridine rings is 1. The molecule has 1 heterocycles. The molecule has 0 aromatic carbocycles.